The van der Waals surface area contributed by atoms with Crippen LogP contribution < -0.4 is 0 Å². The van der Waals surface area contributed by atoms with Gasteiger partial charge in [-0.3, -0.25) is 4.98 Å². The summed E-state index contributed by atoms with van der Waals surface area (Å²) < 4.78 is 12.7. The van der Waals surface area contributed by atoms with E-state index in [1.165, 1.54) is 12.1 Å². The van der Waals surface area contributed by atoms with Gasteiger partial charge in [-0.1, -0.05) is 17.3 Å². The molecule has 0 unspecified atom stereocenters. The van der Waals surface area contributed by atoms with Crippen LogP contribution in [-0.2, 0) is 6.42 Å². The maximum atomic E-state index is 12.7. The van der Waals surface area contributed by atoms with Crippen molar-refractivity contribution in [2.45, 2.75) is 6.42 Å². The third-order valence-electron chi connectivity index (χ3n) is 2.42. The predicted molar refractivity (Wildman–Crippen MR) is 62.7 cm³/mol. The first-order valence-electron chi connectivity index (χ1n) is 5.15. The Kier molecular flexibility index (Phi) is 3.45. The molecule has 0 bridgehead atoms. The van der Waals surface area contributed by atoms with Crippen LogP contribution in [0.3, 0.4) is 0 Å². The zero-order chi connectivity index (χ0) is 12.1. The number of pyridine rings is 1. The van der Waals surface area contributed by atoms with E-state index in [-0.39, 0.29) is 5.82 Å². The van der Waals surface area contributed by atoms with Gasteiger partial charge in [-0.25, -0.2) is 4.39 Å². The molecular weight excluding hydrogens is 219 g/mol. The summed E-state index contributed by atoms with van der Waals surface area (Å²) in [5.74, 6) is -0.278. The molecule has 2 aromatic rings. The van der Waals surface area contributed by atoms with E-state index in [1.54, 1.807) is 36.7 Å². The van der Waals surface area contributed by atoms with Crippen molar-refractivity contribution in [3.05, 3.63) is 65.7 Å². The van der Waals surface area contributed by atoms with Gasteiger partial charge in [0.1, 0.15) is 5.82 Å². The summed E-state index contributed by atoms with van der Waals surface area (Å²) in [4.78, 5) is 3.89. The highest BCUT2D eigenvalue weighted by atomic mass is 19.1. The molecule has 2 rings (SSSR count). The molecule has 1 N–H and O–H groups in total. The molecule has 1 aromatic heterocycles. The molecule has 0 atom stereocenters. The van der Waals surface area contributed by atoms with Crippen LogP contribution in [0.15, 0.2) is 53.9 Å². The van der Waals surface area contributed by atoms with Crippen LogP contribution in [0, 0.1) is 5.82 Å². The third-order valence-corrected chi connectivity index (χ3v) is 2.42. The normalized spacial score (nSPS) is 11.5. The molecule has 0 saturated heterocycles. The van der Waals surface area contributed by atoms with Gasteiger partial charge in [-0.15, -0.1) is 0 Å². The topological polar surface area (TPSA) is 45.5 Å². The molecule has 0 amide bonds. The van der Waals surface area contributed by atoms with Crippen LogP contribution in [-0.4, -0.2) is 15.9 Å². The van der Waals surface area contributed by atoms with Crippen molar-refractivity contribution >= 4 is 5.71 Å². The molecule has 0 aliphatic carbocycles. The van der Waals surface area contributed by atoms with E-state index in [2.05, 4.69) is 10.1 Å². The van der Waals surface area contributed by atoms with Crippen LogP contribution in [0.4, 0.5) is 4.39 Å². The Morgan fingerprint density at radius 1 is 1.12 bits per heavy atom. The molecule has 1 heterocycles. The lowest BCUT2D eigenvalue weighted by Crippen LogP contribution is -2.05. The summed E-state index contributed by atoms with van der Waals surface area (Å²) >= 11 is 0. The van der Waals surface area contributed by atoms with Gasteiger partial charge in [0.05, 0.1) is 5.71 Å². The van der Waals surface area contributed by atoms with Gasteiger partial charge in [-0.2, -0.15) is 0 Å². The van der Waals surface area contributed by atoms with E-state index in [0.717, 1.165) is 11.1 Å². The van der Waals surface area contributed by atoms with Crippen molar-refractivity contribution in [3.8, 4) is 0 Å². The first kappa shape index (κ1) is 11.3. The summed E-state index contributed by atoms with van der Waals surface area (Å²) in [5.41, 5.74) is 2.21. The molecule has 0 fully saturated rings. The van der Waals surface area contributed by atoms with Crippen molar-refractivity contribution in [1.82, 2.24) is 4.98 Å². The molecule has 4 heteroatoms. The summed E-state index contributed by atoms with van der Waals surface area (Å²) in [5, 5.41) is 12.3. The molecular formula is C13H11FN2O. The molecule has 0 radical (unpaired) electrons. The van der Waals surface area contributed by atoms with E-state index >= 15 is 0 Å². The summed E-state index contributed by atoms with van der Waals surface area (Å²) in [6.45, 7) is 0. The summed E-state index contributed by atoms with van der Waals surface area (Å²) in [7, 11) is 0. The largest absolute Gasteiger partial charge is 0.411 e. The van der Waals surface area contributed by atoms with Crippen LogP contribution in [0.25, 0.3) is 0 Å². The van der Waals surface area contributed by atoms with Gasteiger partial charge in [-0.05, 0) is 29.8 Å². The van der Waals surface area contributed by atoms with Gasteiger partial charge < -0.3 is 5.21 Å². The minimum absolute atomic E-state index is 0.278. The Hall–Kier alpha value is -2.23. The van der Waals surface area contributed by atoms with E-state index < -0.39 is 0 Å². The van der Waals surface area contributed by atoms with Crippen molar-refractivity contribution < 1.29 is 9.60 Å². The maximum absolute atomic E-state index is 12.7. The molecule has 0 saturated carbocycles. The fourth-order valence-electron chi connectivity index (χ4n) is 1.54. The van der Waals surface area contributed by atoms with Crippen LogP contribution in [0.2, 0.25) is 0 Å². The lowest BCUT2D eigenvalue weighted by Gasteiger charge is -2.04. The zero-order valence-corrected chi connectivity index (χ0v) is 9.05. The second-order valence-electron chi connectivity index (χ2n) is 3.59. The number of oxime groups is 1. The van der Waals surface area contributed by atoms with E-state index in [1.807, 2.05) is 0 Å². The first-order valence-corrected chi connectivity index (χ1v) is 5.15. The molecule has 0 aliphatic rings. The summed E-state index contributed by atoms with van der Waals surface area (Å²) in [6, 6.07) is 9.63. The fourth-order valence-corrected chi connectivity index (χ4v) is 1.54. The second kappa shape index (κ2) is 5.21. The molecule has 1 aromatic carbocycles. The Labute approximate surface area is 98.2 Å². The molecule has 3 nitrogen and oxygen atoms in total. The Balaban J connectivity index is 2.19. The monoisotopic (exact) mass is 230 g/mol. The fraction of sp³-hybridized carbons (Fsp3) is 0.0769. The second-order valence-corrected chi connectivity index (χ2v) is 3.59. The van der Waals surface area contributed by atoms with Crippen LogP contribution in [0.1, 0.15) is 11.1 Å². The first-order chi connectivity index (χ1) is 8.29. The predicted octanol–water partition coefficient (Wildman–Crippen LogP) is 2.64. The maximum Gasteiger partial charge on any atom is 0.123 e. The quantitative estimate of drug-likeness (QED) is 0.500. The number of benzene rings is 1. The number of halogens is 1. The van der Waals surface area contributed by atoms with Crippen molar-refractivity contribution in [2.75, 3.05) is 0 Å². The highest BCUT2D eigenvalue weighted by Crippen LogP contribution is 2.09. The highest BCUT2D eigenvalue weighted by Gasteiger charge is 2.05. The number of hydrogen-bond donors (Lipinski definition) is 1. The van der Waals surface area contributed by atoms with Crippen LogP contribution in [0.5, 0.6) is 0 Å². The minimum atomic E-state index is -0.278. The average Bonchev–Trinajstić information content (AvgIpc) is 2.39. The number of aromatic nitrogens is 1. The summed E-state index contributed by atoms with van der Waals surface area (Å²) in [6.07, 6.45) is 3.71. The highest BCUT2D eigenvalue weighted by molar-refractivity contribution is 6.01. The molecule has 17 heavy (non-hydrogen) atoms. The van der Waals surface area contributed by atoms with Crippen LogP contribution >= 0.6 is 0 Å². The van der Waals surface area contributed by atoms with Crippen molar-refractivity contribution in [1.29, 1.82) is 0 Å². The van der Waals surface area contributed by atoms with Gasteiger partial charge >= 0.3 is 0 Å². The smallest absolute Gasteiger partial charge is 0.123 e. The van der Waals surface area contributed by atoms with Gasteiger partial charge in [0.2, 0.25) is 0 Å². The average molecular weight is 230 g/mol. The van der Waals surface area contributed by atoms with Crippen molar-refractivity contribution in [2.24, 2.45) is 5.16 Å². The minimum Gasteiger partial charge on any atom is -0.411 e. The SMILES string of the molecule is ON=C(Cc1ccc(F)cc1)c1ccncc1. The number of hydrogen-bond acceptors (Lipinski definition) is 3. The molecule has 0 aliphatic heterocycles. The van der Waals surface area contributed by atoms with Gasteiger partial charge in [0.15, 0.2) is 0 Å². The van der Waals surface area contributed by atoms with Crippen molar-refractivity contribution in [3.63, 3.8) is 0 Å². The third kappa shape index (κ3) is 2.87. The van der Waals surface area contributed by atoms with E-state index in [4.69, 9.17) is 5.21 Å². The lowest BCUT2D eigenvalue weighted by molar-refractivity contribution is 0.318. The number of rotatable bonds is 3. The Morgan fingerprint density at radius 3 is 2.35 bits per heavy atom. The molecule has 86 valence electrons. The Morgan fingerprint density at radius 2 is 1.76 bits per heavy atom. The van der Waals surface area contributed by atoms with Gasteiger partial charge in [0, 0.05) is 24.4 Å². The van der Waals surface area contributed by atoms with E-state index in [0.29, 0.717) is 12.1 Å². The Bertz CT molecular complexity index is 509. The number of nitrogens with zero attached hydrogens (tertiary/aromatic N) is 2. The standard InChI is InChI=1S/C13H11FN2O/c14-12-3-1-10(2-4-12)9-13(16-17)11-5-7-15-8-6-11/h1-8,17H,9H2. The molecule has 0 spiro atoms. The van der Waals surface area contributed by atoms with Gasteiger partial charge in [0.25, 0.3) is 0 Å². The zero-order valence-electron chi connectivity index (χ0n) is 9.05. The lowest BCUT2D eigenvalue weighted by atomic mass is 10.0. The van der Waals surface area contributed by atoms with E-state index in [9.17, 15) is 4.39 Å².